The van der Waals surface area contributed by atoms with E-state index >= 15 is 0 Å². The Kier molecular flexibility index (Phi) is 12.7. The predicted octanol–water partition coefficient (Wildman–Crippen LogP) is 7.15. The molecule has 4 rings (SSSR count). The van der Waals surface area contributed by atoms with Gasteiger partial charge < -0.3 is 44.2 Å². The molecule has 3 unspecified atom stereocenters. The van der Waals surface area contributed by atoms with Crippen LogP contribution in [0.4, 0.5) is 17.1 Å². The fourth-order valence-corrected chi connectivity index (χ4v) is 6.19. The number of aromatic carboxylic acids is 1. The topological polar surface area (TPSA) is 177 Å². The summed E-state index contributed by atoms with van der Waals surface area (Å²) in [5.41, 5.74) is 0.776. The van der Waals surface area contributed by atoms with Crippen molar-refractivity contribution in [1.82, 2.24) is 0 Å². The molecule has 1 amide bonds. The minimum absolute atomic E-state index is 0.0152. The SMILES string of the molecule is COc1cc(NCc2c(OC)ccc([N+](=O)[O-])c2Oc2c(OC)cc(C(=O)O)cc2OC)ccc1NC(=O)COC1CC(C)CCC1C(C)C. The first-order chi connectivity index (χ1) is 23.9. The lowest BCUT2D eigenvalue weighted by atomic mass is 9.75. The van der Waals surface area contributed by atoms with Crippen molar-refractivity contribution in [2.45, 2.75) is 52.7 Å². The van der Waals surface area contributed by atoms with E-state index in [2.05, 4.69) is 31.4 Å². The number of carboxylic acids is 1. The Morgan fingerprint density at radius 1 is 0.920 bits per heavy atom. The van der Waals surface area contributed by atoms with Crippen LogP contribution in [0.5, 0.6) is 34.5 Å². The van der Waals surface area contributed by atoms with Crippen molar-refractivity contribution < 1.29 is 48.0 Å². The van der Waals surface area contributed by atoms with Crippen molar-refractivity contribution in [2.24, 2.45) is 17.8 Å². The zero-order valence-electron chi connectivity index (χ0n) is 29.4. The Labute approximate surface area is 291 Å². The lowest BCUT2D eigenvalue weighted by molar-refractivity contribution is -0.385. The van der Waals surface area contributed by atoms with Crippen molar-refractivity contribution >= 4 is 28.9 Å². The van der Waals surface area contributed by atoms with Crippen LogP contribution >= 0.6 is 0 Å². The smallest absolute Gasteiger partial charge is 0.335 e. The number of carbonyl (C=O) groups is 2. The Hall–Kier alpha value is -5.24. The summed E-state index contributed by atoms with van der Waals surface area (Å²) in [5, 5.41) is 27.8. The van der Waals surface area contributed by atoms with Gasteiger partial charge in [0.2, 0.25) is 17.4 Å². The molecule has 3 aromatic rings. The highest BCUT2D eigenvalue weighted by molar-refractivity contribution is 5.93. The molecule has 3 aromatic carbocycles. The highest BCUT2D eigenvalue weighted by Gasteiger charge is 2.32. The van der Waals surface area contributed by atoms with Gasteiger partial charge in [-0.1, -0.05) is 27.2 Å². The van der Waals surface area contributed by atoms with Gasteiger partial charge in [0.05, 0.1) is 56.3 Å². The Morgan fingerprint density at radius 2 is 1.58 bits per heavy atom. The summed E-state index contributed by atoms with van der Waals surface area (Å²) in [4.78, 5) is 36.1. The molecule has 1 fully saturated rings. The third kappa shape index (κ3) is 8.86. The molecule has 3 atom stereocenters. The monoisotopic (exact) mass is 695 g/mol. The quantitative estimate of drug-likeness (QED) is 0.102. The summed E-state index contributed by atoms with van der Waals surface area (Å²) in [7, 11) is 5.51. The number of rotatable bonds is 16. The van der Waals surface area contributed by atoms with E-state index in [1.54, 1.807) is 18.2 Å². The van der Waals surface area contributed by atoms with Gasteiger partial charge in [0.1, 0.15) is 18.1 Å². The van der Waals surface area contributed by atoms with Crippen LogP contribution in [0.2, 0.25) is 0 Å². The minimum Gasteiger partial charge on any atom is -0.496 e. The lowest BCUT2D eigenvalue weighted by Crippen LogP contribution is -2.36. The zero-order valence-corrected chi connectivity index (χ0v) is 29.4. The molecule has 1 aliphatic rings. The molecule has 0 bridgehead atoms. The van der Waals surface area contributed by atoms with Gasteiger partial charge in [-0.2, -0.15) is 0 Å². The summed E-state index contributed by atoms with van der Waals surface area (Å²) in [6, 6.07) is 10.2. The van der Waals surface area contributed by atoms with Gasteiger partial charge in [-0.25, -0.2) is 4.79 Å². The van der Waals surface area contributed by atoms with Gasteiger partial charge in [0, 0.05) is 24.4 Å². The van der Waals surface area contributed by atoms with Gasteiger partial charge in [-0.15, -0.1) is 0 Å². The molecule has 0 heterocycles. The number of carboxylic acid groups (broad SMARTS) is 1. The van der Waals surface area contributed by atoms with Crippen LogP contribution in [0.25, 0.3) is 0 Å². The highest BCUT2D eigenvalue weighted by atomic mass is 16.6. The third-order valence-electron chi connectivity index (χ3n) is 8.86. The molecule has 270 valence electrons. The van der Waals surface area contributed by atoms with Crippen LogP contribution in [0, 0.1) is 27.9 Å². The van der Waals surface area contributed by atoms with Crippen LogP contribution in [0.3, 0.4) is 0 Å². The molecule has 1 saturated carbocycles. The number of nitro groups is 1. The maximum Gasteiger partial charge on any atom is 0.335 e. The summed E-state index contributed by atoms with van der Waals surface area (Å²) in [6.45, 7) is 6.50. The Bertz CT molecular complexity index is 1670. The molecular weight excluding hydrogens is 650 g/mol. The zero-order chi connectivity index (χ0) is 36.5. The van der Waals surface area contributed by atoms with Crippen LogP contribution < -0.4 is 34.3 Å². The summed E-state index contributed by atoms with van der Waals surface area (Å²) in [5.74, 6) is 0.295. The first-order valence-electron chi connectivity index (χ1n) is 16.2. The standard InChI is InChI=1S/C36H45N3O11/c1-20(2)24-10-8-21(3)14-29(24)49-19-33(40)38-26-11-9-23(17-30(26)46-5)37-18-25-28(45-4)13-12-27(39(43)44)34(25)50-35-31(47-6)15-22(36(41)42)16-32(35)48-7/h9,11-13,15-17,20-21,24,29,37H,8,10,14,18-19H2,1-7H3,(H,38,40)(H,41,42). The molecule has 3 N–H and O–H groups in total. The number of carbonyl (C=O) groups excluding carboxylic acids is 1. The number of amides is 1. The number of methoxy groups -OCH3 is 4. The molecule has 0 spiro atoms. The van der Waals surface area contributed by atoms with Crippen molar-refractivity contribution in [3.05, 3.63) is 63.7 Å². The normalized spacial score (nSPS) is 17.1. The van der Waals surface area contributed by atoms with E-state index in [0.717, 1.165) is 12.8 Å². The first kappa shape index (κ1) is 37.6. The molecule has 0 saturated heterocycles. The van der Waals surface area contributed by atoms with Crippen molar-refractivity contribution in [1.29, 1.82) is 0 Å². The van der Waals surface area contributed by atoms with Crippen LogP contribution in [-0.2, 0) is 16.1 Å². The third-order valence-corrected chi connectivity index (χ3v) is 8.86. The van der Waals surface area contributed by atoms with E-state index in [-0.39, 0.29) is 70.7 Å². The molecular formula is C36H45N3O11. The lowest BCUT2D eigenvalue weighted by Gasteiger charge is -2.37. The maximum atomic E-state index is 12.9. The van der Waals surface area contributed by atoms with E-state index in [1.165, 1.54) is 59.1 Å². The van der Waals surface area contributed by atoms with Gasteiger partial charge in [-0.3, -0.25) is 14.9 Å². The summed E-state index contributed by atoms with van der Waals surface area (Å²) in [6.07, 6.45) is 3.22. The first-order valence-corrected chi connectivity index (χ1v) is 16.2. The van der Waals surface area contributed by atoms with E-state index in [0.29, 0.717) is 34.9 Å². The number of ether oxygens (including phenoxy) is 6. The highest BCUT2D eigenvalue weighted by Crippen LogP contribution is 2.47. The van der Waals surface area contributed by atoms with Crippen molar-refractivity contribution in [3.8, 4) is 34.5 Å². The molecule has 14 heteroatoms. The van der Waals surface area contributed by atoms with Gasteiger partial charge >= 0.3 is 11.7 Å². The molecule has 14 nitrogen and oxygen atoms in total. The van der Waals surface area contributed by atoms with Crippen molar-refractivity contribution in [2.75, 3.05) is 45.7 Å². The number of nitrogens with one attached hydrogen (secondary N) is 2. The average molecular weight is 696 g/mol. The number of benzene rings is 3. The van der Waals surface area contributed by atoms with Crippen molar-refractivity contribution in [3.63, 3.8) is 0 Å². The number of nitro benzene ring substituents is 1. The number of nitrogens with zero attached hydrogens (tertiary/aromatic N) is 1. The van der Waals surface area contributed by atoms with Gasteiger partial charge in [-0.05, 0) is 60.9 Å². The fourth-order valence-electron chi connectivity index (χ4n) is 6.19. The van der Waals surface area contributed by atoms with E-state index < -0.39 is 10.9 Å². The summed E-state index contributed by atoms with van der Waals surface area (Å²) < 4.78 is 34.1. The van der Waals surface area contributed by atoms with E-state index in [9.17, 15) is 24.8 Å². The largest absolute Gasteiger partial charge is 0.496 e. The van der Waals surface area contributed by atoms with E-state index in [1.807, 2.05) is 0 Å². The Morgan fingerprint density at radius 3 is 2.16 bits per heavy atom. The van der Waals surface area contributed by atoms with Crippen LogP contribution in [0.15, 0.2) is 42.5 Å². The van der Waals surface area contributed by atoms with Crippen LogP contribution in [0.1, 0.15) is 56.0 Å². The molecule has 0 aliphatic heterocycles. The van der Waals surface area contributed by atoms with E-state index in [4.69, 9.17) is 28.4 Å². The van der Waals surface area contributed by atoms with Gasteiger partial charge in [0.25, 0.3) is 0 Å². The number of hydrogen-bond donors (Lipinski definition) is 3. The fraction of sp³-hybridized carbons (Fsp3) is 0.444. The average Bonchev–Trinajstić information content (AvgIpc) is 3.09. The number of hydrogen-bond acceptors (Lipinski definition) is 11. The predicted molar refractivity (Wildman–Crippen MR) is 186 cm³/mol. The molecule has 0 radical (unpaired) electrons. The Balaban J connectivity index is 1.56. The molecule has 50 heavy (non-hydrogen) atoms. The number of anilines is 2. The molecule has 1 aliphatic carbocycles. The van der Waals surface area contributed by atoms with Gasteiger partial charge in [0.15, 0.2) is 11.5 Å². The van der Waals surface area contributed by atoms with Crippen LogP contribution in [-0.4, -0.2) is 63.1 Å². The maximum absolute atomic E-state index is 12.9. The molecule has 0 aromatic heterocycles. The second-order valence-corrected chi connectivity index (χ2v) is 12.5. The summed E-state index contributed by atoms with van der Waals surface area (Å²) >= 11 is 0. The second-order valence-electron chi connectivity index (χ2n) is 12.5. The minimum atomic E-state index is -1.23. The second kappa shape index (κ2) is 16.9.